The molecular formula is C24H24ClN3S. The van der Waals surface area contributed by atoms with Crippen molar-refractivity contribution in [3.8, 4) is 22.3 Å². The minimum atomic E-state index is 0.0775. The number of H-pyrrole nitrogens is 1. The topological polar surface area (TPSA) is 31.9 Å². The summed E-state index contributed by atoms with van der Waals surface area (Å²) in [6, 6.07) is 11.0. The van der Waals surface area contributed by atoms with Gasteiger partial charge < -0.3 is 4.98 Å². The Morgan fingerprint density at radius 3 is 2.72 bits per heavy atom. The average molecular weight is 422 g/mol. The van der Waals surface area contributed by atoms with Crippen LogP contribution in [-0.2, 0) is 6.42 Å². The molecule has 0 aliphatic carbocycles. The second kappa shape index (κ2) is 8.31. The van der Waals surface area contributed by atoms with E-state index < -0.39 is 0 Å². The summed E-state index contributed by atoms with van der Waals surface area (Å²) in [7, 11) is 0. The van der Waals surface area contributed by atoms with Crippen LogP contribution in [0.15, 0.2) is 59.7 Å². The van der Waals surface area contributed by atoms with Crippen LogP contribution in [0.4, 0.5) is 0 Å². The molecule has 1 unspecified atom stereocenters. The number of benzene rings is 1. The number of fused-ring (bicyclic) bond motifs is 1. The van der Waals surface area contributed by atoms with Gasteiger partial charge in [-0.3, -0.25) is 9.88 Å². The van der Waals surface area contributed by atoms with Crippen LogP contribution >= 0.6 is 22.9 Å². The number of hydrogen-bond acceptors (Lipinski definition) is 3. The third-order valence-corrected chi connectivity index (χ3v) is 6.95. The van der Waals surface area contributed by atoms with Gasteiger partial charge in [0.1, 0.15) is 0 Å². The highest BCUT2D eigenvalue weighted by Crippen LogP contribution is 2.32. The fraction of sp³-hybridized carbons (Fsp3) is 0.292. The summed E-state index contributed by atoms with van der Waals surface area (Å²) in [6.07, 6.45) is 10.7. The number of likely N-dealkylation sites (tertiary alicyclic amines) is 1. The van der Waals surface area contributed by atoms with Crippen LogP contribution in [0, 0.1) is 0 Å². The van der Waals surface area contributed by atoms with Crippen LogP contribution in [0.25, 0.3) is 33.2 Å². The van der Waals surface area contributed by atoms with Crippen molar-refractivity contribution in [2.45, 2.75) is 31.2 Å². The van der Waals surface area contributed by atoms with Crippen LogP contribution < -0.4 is 0 Å². The van der Waals surface area contributed by atoms with Crippen LogP contribution in [-0.4, -0.2) is 33.5 Å². The third kappa shape index (κ3) is 3.97. The number of rotatable bonds is 5. The molecule has 1 aliphatic heterocycles. The highest BCUT2D eigenvalue weighted by molar-refractivity contribution is 7.08. The Morgan fingerprint density at radius 2 is 1.90 bits per heavy atom. The summed E-state index contributed by atoms with van der Waals surface area (Å²) in [6.45, 7) is 2.24. The van der Waals surface area contributed by atoms with Crippen molar-refractivity contribution in [1.29, 1.82) is 0 Å². The van der Waals surface area contributed by atoms with Crippen molar-refractivity contribution < 1.29 is 0 Å². The maximum absolute atomic E-state index is 6.72. The van der Waals surface area contributed by atoms with Gasteiger partial charge in [0.15, 0.2) is 0 Å². The van der Waals surface area contributed by atoms with Crippen LogP contribution in [0.2, 0.25) is 0 Å². The molecule has 1 fully saturated rings. The predicted octanol–water partition coefficient (Wildman–Crippen LogP) is 6.55. The Morgan fingerprint density at radius 1 is 1.03 bits per heavy atom. The maximum atomic E-state index is 6.72. The summed E-state index contributed by atoms with van der Waals surface area (Å²) in [4.78, 5) is 10.3. The molecule has 148 valence electrons. The molecule has 1 aromatic carbocycles. The molecule has 3 aromatic heterocycles. The lowest BCUT2D eigenvalue weighted by atomic mass is 10.0. The Labute approximate surface area is 180 Å². The molecule has 0 radical (unpaired) electrons. The van der Waals surface area contributed by atoms with Crippen molar-refractivity contribution in [1.82, 2.24) is 14.9 Å². The van der Waals surface area contributed by atoms with E-state index in [9.17, 15) is 0 Å². The summed E-state index contributed by atoms with van der Waals surface area (Å²) in [5, 5.41) is 5.48. The van der Waals surface area contributed by atoms with E-state index in [2.05, 4.69) is 62.2 Å². The van der Waals surface area contributed by atoms with Gasteiger partial charge in [0.2, 0.25) is 0 Å². The first-order valence-electron chi connectivity index (χ1n) is 10.2. The zero-order valence-corrected chi connectivity index (χ0v) is 17.8. The molecule has 0 amide bonds. The van der Waals surface area contributed by atoms with Gasteiger partial charge in [0.25, 0.3) is 0 Å². The Balaban J connectivity index is 1.40. The highest BCUT2D eigenvalue weighted by atomic mass is 35.5. The van der Waals surface area contributed by atoms with Crippen molar-refractivity contribution in [3.63, 3.8) is 0 Å². The van der Waals surface area contributed by atoms with Crippen molar-refractivity contribution in [3.05, 3.63) is 65.2 Å². The van der Waals surface area contributed by atoms with E-state index in [0.717, 1.165) is 36.2 Å². The van der Waals surface area contributed by atoms with Crippen molar-refractivity contribution in [2.75, 3.05) is 13.1 Å². The molecule has 5 heteroatoms. The number of thiophene rings is 1. The van der Waals surface area contributed by atoms with Gasteiger partial charge in [-0.1, -0.05) is 18.6 Å². The van der Waals surface area contributed by atoms with E-state index in [1.165, 1.54) is 41.3 Å². The number of halogens is 1. The van der Waals surface area contributed by atoms with E-state index in [-0.39, 0.29) is 5.50 Å². The lowest BCUT2D eigenvalue weighted by molar-refractivity contribution is 0.208. The molecule has 0 bridgehead atoms. The largest absolute Gasteiger partial charge is 0.361 e. The van der Waals surface area contributed by atoms with E-state index in [1.807, 2.05) is 12.4 Å². The highest BCUT2D eigenvalue weighted by Gasteiger charge is 2.19. The standard InChI is InChI=1S/C24H24ClN3S/c25-24(28-7-2-1-3-8-28)11-17-4-5-21-22(15-27-23(21)10-17)20-12-19(13-26-14-20)18-6-9-29-16-18/h4-6,9-10,12-16,24,27H,1-3,7-8,11H2. The number of pyridine rings is 1. The van der Waals surface area contributed by atoms with E-state index in [0.29, 0.717) is 0 Å². The molecule has 0 spiro atoms. The number of aromatic nitrogens is 2. The number of nitrogens with one attached hydrogen (secondary N) is 1. The van der Waals surface area contributed by atoms with Gasteiger partial charge in [0, 0.05) is 52.6 Å². The van der Waals surface area contributed by atoms with Crippen molar-refractivity contribution >= 4 is 33.8 Å². The molecule has 29 heavy (non-hydrogen) atoms. The minimum absolute atomic E-state index is 0.0775. The summed E-state index contributed by atoms with van der Waals surface area (Å²) >= 11 is 8.43. The van der Waals surface area contributed by atoms with Crippen LogP contribution in [0.1, 0.15) is 24.8 Å². The van der Waals surface area contributed by atoms with E-state index in [4.69, 9.17) is 11.6 Å². The van der Waals surface area contributed by atoms with Gasteiger partial charge in [-0.15, -0.1) is 11.6 Å². The van der Waals surface area contributed by atoms with Gasteiger partial charge >= 0.3 is 0 Å². The van der Waals surface area contributed by atoms with Crippen LogP contribution in [0.5, 0.6) is 0 Å². The fourth-order valence-corrected chi connectivity index (χ4v) is 5.27. The molecule has 1 saturated heterocycles. The first kappa shape index (κ1) is 18.9. The molecule has 4 heterocycles. The van der Waals surface area contributed by atoms with E-state index in [1.54, 1.807) is 11.3 Å². The predicted molar refractivity (Wildman–Crippen MR) is 124 cm³/mol. The molecule has 4 aromatic rings. The zero-order valence-electron chi connectivity index (χ0n) is 16.3. The van der Waals surface area contributed by atoms with Gasteiger partial charge in [-0.25, -0.2) is 0 Å². The second-order valence-corrected chi connectivity index (χ2v) is 9.08. The molecule has 1 N–H and O–H groups in total. The molecule has 3 nitrogen and oxygen atoms in total. The molecule has 1 atom stereocenters. The smallest absolute Gasteiger partial charge is 0.0891 e. The minimum Gasteiger partial charge on any atom is -0.361 e. The SMILES string of the molecule is ClC(Cc1ccc2c(-c3cncc(-c4ccsc4)c3)c[nH]c2c1)N1CCCCC1. The van der Waals surface area contributed by atoms with Crippen LogP contribution in [0.3, 0.4) is 0 Å². The Kier molecular flexibility index (Phi) is 5.40. The molecule has 1 aliphatic rings. The van der Waals surface area contributed by atoms with Gasteiger partial charge in [-0.2, -0.15) is 11.3 Å². The number of nitrogens with zero attached hydrogens (tertiary/aromatic N) is 2. The Hall–Kier alpha value is -2.14. The summed E-state index contributed by atoms with van der Waals surface area (Å²) < 4.78 is 0. The Bertz CT molecular complexity index is 1100. The van der Waals surface area contributed by atoms with Gasteiger partial charge in [-0.05, 0) is 66.0 Å². The quantitative estimate of drug-likeness (QED) is 0.292. The fourth-order valence-electron chi connectivity index (χ4n) is 4.24. The maximum Gasteiger partial charge on any atom is 0.0891 e. The summed E-state index contributed by atoms with van der Waals surface area (Å²) in [5.74, 6) is 0. The number of alkyl halides is 1. The average Bonchev–Trinajstić information content (AvgIpc) is 3.44. The van der Waals surface area contributed by atoms with Gasteiger partial charge in [0.05, 0.1) is 5.50 Å². The molecular weight excluding hydrogens is 398 g/mol. The second-order valence-electron chi connectivity index (χ2n) is 7.79. The lowest BCUT2D eigenvalue weighted by Crippen LogP contribution is -2.37. The van der Waals surface area contributed by atoms with Crippen molar-refractivity contribution in [2.24, 2.45) is 0 Å². The monoisotopic (exact) mass is 421 g/mol. The number of hydrogen-bond donors (Lipinski definition) is 1. The normalized spacial score (nSPS) is 16.3. The number of aromatic amines is 1. The third-order valence-electron chi connectivity index (χ3n) is 5.84. The number of piperidine rings is 1. The van der Waals surface area contributed by atoms with E-state index >= 15 is 0 Å². The summed E-state index contributed by atoms with van der Waals surface area (Å²) in [5.41, 5.74) is 7.21. The zero-order chi connectivity index (χ0) is 19.6. The molecule has 0 saturated carbocycles. The first-order chi connectivity index (χ1) is 14.3. The molecule has 5 rings (SSSR count). The first-order valence-corrected chi connectivity index (χ1v) is 11.6. The lowest BCUT2D eigenvalue weighted by Gasteiger charge is -2.30.